The molecule has 1 unspecified atom stereocenters. The Morgan fingerprint density at radius 3 is 2.53 bits per heavy atom. The summed E-state index contributed by atoms with van der Waals surface area (Å²) in [6.45, 7) is 9.43. The van der Waals surface area contributed by atoms with Gasteiger partial charge in [-0.3, -0.25) is 14.2 Å². The average Bonchev–Trinajstić information content (AvgIpc) is 3.76. The molecule has 5 aliphatic rings. The summed E-state index contributed by atoms with van der Waals surface area (Å²) in [6, 6.07) is 13.1. The topological polar surface area (TPSA) is 114 Å². The summed E-state index contributed by atoms with van der Waals surface area (Å²) < 4.78 is 41.8. The fraction of sp³-hybridized carbons (Fsp3) is 0.404. The van der Waals surface area contributed by atoms with Gasteiger partial charge in [0.15, 0.2) is 6.04 Å². The van der Waals surface area contributed by atoms with E-state index in [0.29, 0.717) is 26.2 Å². The Hall–Kier alpha value is -4.81. The number of carbonyl (C=O) groups is 1. The number of hydrogen-bond donors (Lipinski definition) is 3. The predicted octanol–water partition coefficient (Wildman–Crippen LogP) is 8.36. The van der Waals surface area contributed by atoms with Crippen molar-refractivity contribution in [2.75, 3.05) is 61.5 Å². The van der Waals surface area contributed by atoms with E-state index in [-0.39, 0.29) is 16.8 Å². The van der Waals surface area contributed by atoms with Crippen LogP contribution >= 0.6 is 0 Å². The molecule has 3 heterocycles. The minimum Gasteiger partial charge on any atom is -0.379 e. The Morgan fingerprint density at radius 1 is 0.966 bits per heavy atom. The highest BCUT2D eigenvalue weighted by Crippen LogP contribution is 2.38. The largest absolute Gasteiger partial charge is 0.379 e. The summed E-state index contributed by atoms with van der Waals surface area (Å²) >= 11 is 0. The van der Waals surface area contributed by atoms with E-state index in [1.54, 1.807) is 6.07 Å². The van der Waals surface area contributed by atoms with Crippen LogP contribution in [0.15, 0.2) is 130 Å². The number of amides is 1. The predicted molar refractivity (Wildman–Crippen MR) is 234 cm³/mol. The van der Waals surface area contributed by atoms with Gasteiger partial charge in [-0.05, 0) is 97.0 Å². The number of nitrogens with one attached hydrogen (secondary N) is 2. The summed E-state index contributed by atoms with van der Waals surface area (Å²) in [7, 11) is -4.31. The molecular weight excluding hydrogens is 747 g/mol. The number of carbonyl (C=O) groups excluding carboxylic acids is 1. The van der Waals surface area contributed by atoms with Crippen LogP contribution in [0.2, 0.25) is 0 Å². The molecule has 58 heavy (non-hydrogen) atoms. The molecule has 0 bridgehead atoms. The standard InChI is InChI=1S/C47H57N5O5S/c1-3-5-9-26-52-42(32-38-33-43(58(54,55)56)23-24-45(38)52)22-16-36-13-10-12-35(15-21-41-31-37-11-7-8-14-44(37)51(41)25-6-4-2)47(36)49-40-19-17-39(18-20-40)48-46(53)34-50-27-29-57-30-28-50/h7-8,11,14-24,31,33,44H,3-6,9-10,12-13,25-30,32,34H2,1-2H3,(H2,48,53,54,55,56)/p+1. The van der Waals surface area contributed by atoms with E-state index in [9.17, 15) is 17.8 Å². The van der Waals surface area contributed by atoms with Crippen molar-refractivity contribution in [2.45, 2.75) is 82.6 Å². The van der Waals surface area contributed by atoms with Crippen molar-refractivity contribution in [3.63, 3.8) is 0 Å². The van der Waals surface area contributed by atoms with E-state index in [1.165, 1.54) is 28.5 Å². The number of ether oxygens (including phenoxy) is 1. The number of benzene rings is 2. The van der Waals surface area contributed by atoms with E-state index in [2.05, 4.69) is 93.5 Å². The molecule has 0 aromatic heterocycles. The van der Waals surface area contributed by atoms with Gasteiger partial charge in [-0.25, -0.2) is 4.58 Å². The number of allylic oxidation sites excluding steroid dienone is 10. The second kappa shape index (κ2) is 19.3. The first kappa shape index (κ1) is 41.4. The number of unbranched alkanes of at least 4 members (excludes halogenated alkanes) is 3. The molecule has 11 heteroatoms. The molecule has 3 N–H and O–H groups in total. The van der Waals surface area contributed by atoms with Crippen LogP contribution < -0.4 is 15.5 Å². The molecule has 2 aliphatic carbocycles. The maximum absolute atomic E-state index is 12.8. The molecule has 1 atom stereocenters. The Morgan fingerprint density at radius 2 is 1.76 bits per heavy atom. The van der Waals surface area contributed by atoms with Gasteiger partial charge < -0.3 is 20.3 Å². The van der Waals surface area contributed by atoms with E-state index in [4.69, 9.17) is 4.74 Å². The zero-order valence-corrected chi connectivity index (χ0v) is 34.8. The second-order valence-corrected chi connectivity index (χ2v) is 17.1. The number of fused-ring (bicyclic) bond motifs is 2. The van der Waals surface area contributed by atoms with Gasteiger partial charge in [0.2, 0.25) is 11.6 Å². The molecule has 10 nitrogen and oxygen atoms in total. The Kier molecular flexibility index (Phi) is 13.8. The van der Waals surface area contributed by atoms with Gasteiger partial charge in [-0.2, -0.15) is 8.42 Å². The maximum Gasteiger partial charge on any atom is 0.294 e. The van der Waals surface area contributed by atoms with E-state index in [1.807, 2.05) is 30.3 Å². The van der Waals surface area contributed by atoms with Crippen LogP contribution in [0.3, 0.4) is 0 Å². The van der Waals surface area contributed by atoms with E-state index < -0.39 is 10.1 Å². The molecular formula is C47H58N5O5S+. The quantitative estimate of drug-likeness (QED) is 0.0882. The molecule has 0 saturated carbocycles. The lowest BCUT2D eigenvalue weighted by Crippen LogP contribution is -2.41. The number of nitrogens with zero attached hydrogens (tertiary/aromatic N) is 3. The van der Waals surface area contributed by atoms with Gasteiger partial charge >= 0.3 is 0 Å². The molecule has 1 amide bonds. The van der Waals surface area contributed by atoms with Crippen molar-refractivity contribution in [3.8, 4) is 0 Å². The van der Waals surface area contributed by atoms with Crippen LogP contribution in [0.25, 0.3) is 0 Å². The lowest BCUT2D eigenvalue weighted by Gasteiger charge is -2.25. The fourth-order valence-electron chi connectivity index (χ4n) is 8.37. The monoisotopic (exact) mass is 804 g/mol. The lowest BCUT2D eigenvalue weighted by molar-refractivity contribution is -0.540. The third-order valence-corrected chi connectivity index (χ3v) is 12.3. The van der Waals surface area contributed by atoms with Crippen molar-refractivity contribution < 1.29 is 27.1 Å². The molecule has 1 fully saturated rings. The molecule has 0 spiro atoms. The Labute approximate surface area is 344 Å². The summed E-state index contributed by atoms with van der Waals surface area (Å²) in [4.78, 5) is 17.2. The normalized spacial score (nSPS) is 21.1. The van der Waals surface area contributed by atoms with Gasteiger partial charge in [0.05, 0.1) is 24.7 Å². The molecule has 2 aromatic rings. The molecule has 2 aromatic carbocycles. The highest BCUT2D eigenvalue weighted by molar-refractivity contribution is 7.85. The SMILES string of the molecule is CCCCCN1C(=CC=C2CCCC(C=CC3=[N+](CCCC)C4C=CC=CC4=C3)=C2Nc2ccc(NC(=O)CN3CCOCC3)cc2)Cc2cc(S(=O)(=O)O)ccc21. The molecule has 306 valence electrons. The van der Waals surface area contributed by atoms with Crippen LogP contribution in [-0.4, -0.2) is 86.0 Å². The Balaban J connectivity index is 1.20. The van der Waals surface area contributed by atoms with Crippen LogP contribution in [0.4, 0.5) is 17.1 Å². The minimum atomic E-state index is -4.31. The zero-order chi connectivity index (χ0) is 40.5. The van der Waals surface area contributed by atoms with Gasteiger partial charge in [-0.15, -0.1) is 0 Å². The molecule has 3 aliphatic heterocycles. The number of anilines is 3. The van der Waals surface area contributed by atoms with Crippen molar-refractivity contribution in [1.29, 1.82) is 0 Å². The number of hydrogen-bond acceptors (Lipinski definition) is 7. The fourth-order valence-corrected chi connectivity index (χ4v) is 8.90. The molecule has 0 radical (unpaired) electrons. The van der Waals surface area contributed by atoms with Crippen LogP contribution in [-0.2, 0) is 26.1 Å². The lowest BCUT2D eigenvalue weighted by atomic mass is 9.90. The van der Waals surface area contributed by atoms with Crippen molar-refractivity contribution in [1.82, 2.24) is 4.90 Å². The first-order valence-corrected chi connectivity index (χ1v) is 22.5. The van der Waals surface area contributed by atoms with Crippen molar-refractivity contribution >= 4 is 38.8 Å². The third-order valence-electron chi connectivity index (χ3n) is 11.5. The Bertz CT molecular complexity index is 2200. The van der Waals surface area contributed by atoms with Crippen LogP contribution in [0.1, 0.15) is 70.8 Å². The highest BCUT2D eigenvalue weighted by Gasteiger charge is 2.31. The van der Waals surface area contributed by atoms with Gasteiger partial charge in [0.1, 0.15) is 6.54 Å². The average molecular weight is 805 g/mol. The van der Waals surface area contributed by atoms with Gasteiger partial charge in [-0.1, -0.05) is 63.5 Å². The van der Waals surface area contributed by atoms with Crippen LogP contribution in [0, 0.1) is 0 Å². The zero-order valence-electron chi connectivity index (χ0n) is 34.0. The summed E-state index contributed by atoms with van der Waals surface area (Å²) in [6.07, 6.45) is 29.0. The van der Waals surface area contributed by atoms with Crippen LogP contribution in [0.5, 0.6) is 0 Å². The first-order valence-electron chi connectivity index (χ1n) is 21.1. The van der Waals surface area contributed by atoms with E-state index >= 15 is 0 Å². The van der Waals surface area contributed by atoms with Crippen molar-refractivity contribution in [3.05, 3.63) is 131 Å². The molecule has 7 rings (SSSR count). The minimum absolute atomic E-state index is 0.0338. The van der Waals surface area contributed by atoms with Gasteiger partial charge in [0.25, 0.3) is 10.1 Å². The smallest absolute Gasteiger partial charge is 0.294 e. The second-order valence-electron chi connectivity index (χ2n) is 15.7. The summed E-state index contributed by atoms with van der Waals surface area (Å²) in [5, 5.41) is 6.85. The summed E-state index contributed by atoms with van der Waals surface area (Å²) in [5.41, 5.74) is 10.7. The number of rotatable bonds is 16. The highest BCUT2D eigenvalue weighted by atomic mass is 32.2. The van der Waals surface area contributed by atoms with E-state index in [0.717, 1.165) is 112 Å². The van der Waals surface area contributed by atoms with Crippen molar-refractivity contribution in [2.24, 2.45) is 0 Å². The number of morpholine rings is 1. The third kappa shape index (κ3) is 10.2. The molecule has 1 saturated heterocycles. The summed E-state index contributed by atoms with van der Waals surface area (Å²) in [5.74, 6) is -0.0338. The first-order chi connectivity index (χ1) is 28.2. The van der Waals surface area contributed by atoms with Gasteiger partial charge in [0, 0.05) is 78.7 Å². The maximum atomic E-state index is 12.8.